The van der Waals surface area contributed by atoms with Gasteiger partial charge in [-0.05, 0) is 73.3 Å². The number of carbonyl (C=O) groups excluding carboxylic acids is 1. The van der Waals surface area contributed by atoms with Crippen LogP contribution in [0.1, 0.15) is 78.9 Å². The van der Waals surface area contributed by atoms with Gasteiger partial charge in [0, 0.05) is 30.5 Å². The highest BCUT2D eigenvalue weighted by Gasteiger charge is 2.53. The van der Waals surface area contributed by atoms with Gasteiger partial charge in [0.15, 0.2) is 0 Å². The van der Waals surface area contributed by atoms with Crippen LogP contribution >= 0.6 is 0 Å². The zero-order valence-corrected chi connectivity index (χ0v) is 20.5. The fraction of sp³-hybridized carbons (Fsp3) is 0.667. The first-order valence-electron chi connectivity index (χ1n) is 12.1. The van der Waals surface area contributed by atoms with Gasteiger partial charge >= 0.3 is 6.09 Å². The molecule has 5 heteroatoms. The molecule has 0 N–H and O–H groups in total. The Morgan fingerprint density at radius 2 is 2.03 bits per heavy atom. The van der Waals surface area contributed by atoms with Crippen molar-refractivity contribution in [2.24, 2.45) is 11.8 Å². The van der Waals surface area contributed by atoms with Crippen LogP contribution in [0.25, 0.3) is 0 Å². The van der Waals surface area contributed by atoms with Crippen molar-refractivity contribution in [3.8, 4) is 5.75 Å². The molecule has 0 aliphatic carbocycles. The third-order valence-electron chi connectivity index (χ3n) is 7.11. The molecular formula is C27H39NO4. The zero-order valence-electron chi connectivity index (χ0n) is 20.5. The predicted molar refractivity (Wildman–Crippen MR) is 126 cm³/mol. The molecule has 0 saturated carbocycles. The van der Waals surface area contributed by atoms with Gasteiger partial charge in [0.05, 0.1) is 12.2 Å². The van der Waals surface area contributed by atoms with Gasteiger partial charge in [-0.2, -0.15) is 0 Å². The van der Waals surface area contributed by atoms with Crippen LogP contribution in [0, 0.1) is 11.8 Å². The van der Waals surface area contributed by atoms with Gasteiger partial charge < -0.3 is 19.1 Å². The van der Waals surface area contributed by atoms with Crippen molar-refractivity contribution in [1.82, 2.24) is 4.90 Å². The number of hydrogen-bond acceptors (Lipinski definition) is 4. The van der Waals surface area contributed by atoms with E-state index in [2.05, 4.69) is 45.0 Å². The molecule has 0 unspecified atom stereocenters. The summed E-state index contributed by atoms with van der Waals surface area (Å²) in [5.74, 6) is 1.51. The number of allylic oxidation sites excluding steroid dienone is 2. The van der Waals surface area contributed by atoms with E-state index in [4.69, 9.17) is 14.2 Å². The van der Waals surface area contributed by atoms with E-state index in [-0.39, 0.29) is 29.8 Å². The maximum Gasteiger partial charge on any atom is 0.410 e. The smallest absolute Gasteiger partial charge is 0.410 e. The first-order chi connectivity index (χ1) is 15.1. The summed E-state index contributed by atoms with van der Waals surface area (Å²) in [5.41, 5.74) is 1.73. The molecule has 0 bridgehead atoms. The molecule has 1 amide bonds. The average molecular weight is 442 g/mol. The fourth-order valence-corrected chi connectivity index (χ4v) is 5.52. The van der Waals surface area contributed by atoms with Crippen LogP contribution in [-0.2, 0) is 9.47 Å². The number of piperidine rings is 1. The second-order valence-corrected chi connectivity index (χ2v) is 11.2. The summed E-state index contributed by atoms with van der Waals surface area (Å²) in [7, 11) is 0. The number of fused-ring (bicyclic) bond motifs is 4. The maximum atomic E-state index is 12.7. The van der Waals surface area contributed by atoms with Crippen molar-refractivity contribution in [2.75, 3.05) is 13.1 Å². The Morgan fingerprint density at radius 1 is 1.28 bits per heavy atom. The lowest BCUT2D eigenvalue weighted by atomic mass is 9.68. The van der Waals surface area contributed by atoms with Crippen molar-refractivity contribution >= 4 is 6.09 Å². The molecule has 0 radical (unpaired) electrons. The normalized spacial score (nSPS) is 31.5. The summed E-state index contributed by atoms with van der Waals surface area (Å²) in [4.78, 5) is 14.6. The van der Waals surface area contributed by atoms with Crippen molar-refractivity contribution in [3.63, 3.8) is 0 Å². The molecule has 2 fully saturated rings. The van der Waals surface area contributed by atoms with Crippen LogP contribution in [0.3, 0.4) is 0 Å². The van der Waals surface area contributed by atoms with Crippen LogP contribution in [0.5, 0.6) is 5.75 Å². The SMILES string of the molecule is CC(C)=CCC[C@]1(C)Oc2ccccc2[C@@H]2O[C@@H]3CCN(C(=O)OC(C)(C)C)C[C@@H]3C[C@H]21. The van der Waals surface area contributed by atoms with Gasteiger partial charge in [-0.3, -0.25) is 0 Å². The lowest BCUT2D eigenvalue weighted by Gasteiger charge is -2.54. The van der Waals surface area contributed by atoms with E-state index >= 15 is 0 Å². The number of likely N-dealkylation sites (tertiary alicyclic amines) is 1. The summed E-state index contributed by atoms with van der Waals surface area (Å²) < 4.78 is 19.1. The van der Waals surface area contributed by atoms with Crippen LogP contribution in [0.15, 0.2) is 35.9 Å². The molecule has 176 valence electrons. The molecule has 0 aromatic heterocycles. The minimum absolute atomic E-state index is 0.0472. The minimum atomic E-state index is -0.480. The maximum absolute atomic E-state index is 12.7. The van der Waals surface area contributed by atoms with Crippen molar-refractivity contribution in [2.45, 2.75) is 90.6 Å². The third kappa shape index (κ3) is 4.83. The summed E-state index contributed by atoms with van der Waals surface area (Å²) in [6, 6.07) is 8.34. The molecule has 1 aromatic carbocycles. The van der Waals surface area contributed by atoms with Crippen molar-refractivity contribution < 1.29 is 19.0 Å². The number of ether oxygens (including phenoxy) is 3. The molecule has 3 aliphatic rings. The molecule has 5 atom stereocenters. The van der Waals surface area contributed by atoms with Crippen LogP contribution in [-0.4, -0.2) is 41.4 Å². The second-order valence-electron chi connectivity index (χ2n) is 11.2. The van der Waals surface area contributed by atoms with Gasteiger partial charge in [-0.1, -0.05) is 29.8 Å². The van der Waals surface area contributed by atoms with E-state index in [1.54, 1.807) is 0 Å². The van der Waals surface area contributed by atoms with Crippen molar-refractivity contribution in [3.05, 3.63) is 41.5 Å². The van der Waals surface area contributed by atoms with Crippen LogP contribution in [0.4, 0.5) is 4.79 Å². The first kappa shape index (κ1) is 23.2. The van der Waals surface area contributed by atoms with Crippen LogP contribution in [0.2, 0.25) is 0 Å². The first-order valence-corrected chi connectivity index (χ1v) is 12.1. The Bertz CT molecular complexity index is 869. The highest BCUT2D eigenvalue weighted by molar-refractivity contribution is 5.68. The molecule has 3 aliphatic heterocycles. The highest BCUT2D eigenvalue weighted by Crippen LogP contribution is 2.54. The Hall–Kier alpha value is -2.01. The lowest BCUT2D eigenvalue weighted by molar-refractivity contribution is -0.190. The average Bonchev–Trinajstić information content (AvgIpc) is 2.71. The van der Waals surface area contributed by atoms with Gasteiger partial charge in [-0.25, -0.2) is 4.79 Å². The predicted octanol–water partition coefficient (Wildman–Crippen LogP) is 6.29. The topological polar surface area (TPSA) is 48.0 Å². The van der Waals surface area contributed by atoms with Crippen LogP contribution < -0.4 is 4.74 Å². The Balaban J connectivity index is 1.56. The number of nitrogens with zero attached hydrogens (tertiary/aromatic N) is 1. The summed E-state index contributed by atoms with van der Waals surface area (Å²) in [6.45, 7) is 13.7. The summed E-state index contributed by atoms with van der Waals surface area (Å²) in [5, 5.41) is 0. The molecular weight excluding hydrogens is 402 g/mol. The molecule has 0 spiro atoms. The van der Waals surface area contributed by atoms with E-state index in [0.717, 1.165) is 31.4 Å². The van der Waals surface area contributed by atoms with E-state index in [1.807, 2.05) is 31.7 Å². The number of para-hydroxylation sites is 1. The van der Waals surface area contributed by atoms with Gasteiger partial charge in [-0.15, -0.1) is 0 Å². The largest absolute Gasteiger partial charge is 0.487 e. The van der Waals surface area contributed by atoms with Gasteiger partial charge in [0.1, 0.15) is 17.0 Å². The number of rotatable bonds is 3. The molecule has 1 aromatic rings. The standard InChI is InChI=1S/C27H39NO4/c1-18(2)10-9-14-27(6)21-16-19-17-28(25(29)32-26(3,4)5)15-13-22(19)30-24(21)20-11-7-8-12-23(20)31-27/h7-8,10-12,19,21-22,24H,9,13-17H2,1-6H3/t19-,21+,22+,24-,27-/m0/s1. The monoisotopic (exact) mass is 441 g/mol. The second kappa shape index (κ2) is 8.74. The van der Waals surface area contributed by atoms with Crippen molar-refractivity contribution in [1.29, 1.82) is 0 Å². The Labute approximate surface area is 193 Å². The molecule has 5 nitrogen and oxygen atoms in total. The van der Waals surface area contributed by atoms with E-state index < -0.39 is 5.60 Å². The lowest BCUT2D eigenvalue weighted by Crippen LogP contribution is -2.57. The molecule has 3 heterocycles. The number of hydrogen-bond donors (Lipinski definition) is 0. The quantitative estimate of drug-likeness (QED) is 0.517. The third-order valence-corrected chi connectivity index (χ3v) is 7.11. The summed E-state index contributed by atoms with van der Waals surface area (Å²) in [6.07, 6.45) is 6.08. The Kier molecular flexibility index (Phi) is 6.32. The number of amides is 1. The molecule has 32 heavy (non-hydrogen) atoms. The van der Waals surface area contributed by atoms with Gasteiger partial charge in [0.2, 0.25) is 0 Å². The van der Waals surface area contributed by atoms with E-state index in [0.29, 0.717) is 19.0 Å². The number of carbonyl (C=O) groups is 1. The van der Waals surface area contributed by atoms with E-state index in [1.165, 1.54) is 11.1 Å². The number of benzene rings is 1. The summed E-state index contributed by atoms with van der Waals surface area (Å²) >= 11 is 0. The molecule has 4 rings (SSSR count). The Morgan fingerprint density at radius 3 is 2.75 bits per heavy atom. The van der Waals surface area contributed by atoms with E-state index in [9.17, 15) is 4.79 Å². The highest BCUT2D eigenvalue weighted by atomic mass is 16.6. The zero-order chi connectivity index (χ0) is 23.1. The van der Waals surface area contributed by atoms with Gasteiger partial charge in [0.25, 0.3) is 0 Å². The minimum Gasteiger partial charge on any atom is -0.487 e. The fourth-order valence-electron chi connectivity index (χ4n) is 5.52. The molecule has 2 saturated heterocycles.